The minimum atomic E-state index is -3.52. The SMILES string of the molecule is Cc1cccc(CN(C(=O)CCCN(c2ccc(C)c(C)c2)S(C)(=O)=O)C(C)C(=O)NC(C)C)c1. The van der Waals surface area contributed by atoms with E-state index in [1.54, 1.807) is 17.9 Å². The summed E-state index contributed by atoms with van der Waals surface area (Å²) < 4.78 is 26.3. The Morgan fingerprint density at radius 1 is 0.971 bits per heavy atom. The quantitative estimate of drug-likeness (QED) is 0.502. The summed E-state index contributed by atoms with van der Waals surface area (Å²) in [4.78, 5) is 27.6. The molecule has 2 amide bonds. The van der Waals surface area contributed by atoms with Gasteiger partial charge in [-0.1, -0.05) is 35.9 Å². The second-order valence-corrected chi connectivity index (χ2v) is 11.5. The number of benzene rings is 2. The topological polar surface area (TPSA) is 86.8 Å². The number of carbonyl (C=O) groups excluding carboxylic acids is 2. The number of hydrogen-bond acceptors (Lipinski definition) is 4. The van der Waals surface area contributed by atoms with Gasteiger partial charge < -0.3 is 10.2 Å². The smallest absolute Gasteiger partial charge is 0.242 e. The highest BCUT2D eigenvalue weighted by Gasteiger charge is 2.27. The van der Waals surface area contributed by atoms with Gasteiger partial charge in [0.1, 0.15) is 6.04 Å². The lowest BCUT2D eigenvalue weighted by Crippen LogP contribution is -2.49. The van der Waals surface area contributed by atoms with E-state index in [1.807, 2.05) is 71.0 Å². The second-order valence-electron chi connectivity index (χ2n) is 9.56. The summed E-state index contributed by atoms with van der Waals surface area (Å²) in [6.07, 6.45) is 1.63. The van der Waals surface area contributed by atoms with Crippen LogP contribution in [0.2, 0.25) is 0 Å². The molecule has 2 rings (SSSR count). The van der Waals surface area contributed by atoms with Gasteiger partial charge in [0, 0.05) is 25.6 Å². The number of rotatable bonds is 11. The van der Waals surface area contributed by atoms with E-state index < -0.39 is 16.1 Å². The molecule has 2 aromatic rings. The lowest BCUT2D eigenvalue weighted by atomic mass is 10.1. The summed E-state index contributed by atoms with van der Waals surface area (Å²) in [5, 5.41) is 2.88. The van der Waals surface area contributed by atoms with Crippen molar-refractivity contribution < 1.29 is 18.0 Å². The molecule has 192 valence electrons. The van der Waals surface area contributed by atoms with Gasteiger partial charge in [0.05, 0.1) is 11.9 Å². The van der Waals surface area contributed by atoms with Gasteiger partial charge in [0.2, 0.25) is 21.8 Å². The number of sulfonamides is 1. The van der Waals surface area contributed by atoms with Crippen LogP contribution in [0.15, 0.2) is 42.5 Å². The highest BCUT2D eigenvalue weighted by Crippen LogP contribution is 2.22. The van der Waals surface area contributed by atoms with E-state index in [0.717, 1.165) is 22.3 Å². The van der Waals surface area contributed by atoms with Crippen LogP contribution in [0.5, 0.6) is 0 Å². The van der Waals surface area contributed by atoms with Crippen LogP contribution in [0.1, 0.15) is 55.9 Å². The molecule has 1 unspecified atom stereocenters. The van der Waals surface area contributed by atoms with Gasteiger partial charge in [-0.15, -0.1) is 0 Å². The van der Waals surface area contributed by atoms with E-state index >= 15 is 0 Å². The Morgan fingerprint density at radius 2 is 1.66 bits per heavy atom. The first kappa shape index (κ1) is 28.4. The van der Waals surface area contributed by atoms with E-state index in [1.165, 1.54) is 10.6 Å². The fraction of sp³-hybridized carbons (Fsp3) is 0.481. The average molecular weight is 502 g/mol. The molecule has 0 aromatic heterocycles. The Balaban J connectivity index is 2.19. The van der Waals surface area contributed by atoms with Gasteiger partial charge in [0.15, 0.2) is 0 Å². The van der Waals surface area contributed by atoms with Crippen molar-refractivity contribution in [3.8, 4) is 0 Å². The van der Waals surface area contributed by atoms with Crippen molar-refractivity contribution in [2.45, 2.75) is 73.0 Å². The van der Waals surface area contributed by atoms with Crippen molar-refractivity contribution in [3.05, 3.63) is 64.7 Å². The van der Waals surface area contributed by atoms with Gasteiger partial charge >= 0.3 is 0 Å². The summed E-state index contributed by atoms with van der Waals surface area (Å²) in [5.41, 5.74) is 4.69. The number of amides is 2. The number of hydrogen-bond donors (Lipinski definition) is 1. The lowest BCUT2D eigenvalue weighted by Gasteiger charge is -2.30. The zero-order valence-corrected chi connectivity index (χ0v) is 22.8. The molecule has 0 aliphatic carbocycles. The average Bonchev–Trinajstić information content (AvgIpc) is 2.75. The molecule has 0 heterocycles. The van der Waals surface area contributed by atoms with Crippen molar-refractivity contribution >= 4 is 27.5 Å². The maximum absolute atomic E-state index is 13.3. The third-order valence-electron chi connectivity index (χ3n) is 5.96. The fourth-order valence-corrected chi connectivity index (χ4v) is 4.84. The van der Waals surface area contributed by atoms with Crippen LogP contribution in [-0.2, 0) is 26.2 Å². The van der Waals surface area contributed by atoms with Crippen LogP contribution >= 0.6 is 0 Å². The minimum absolute atomic E-state index is 0.0397. The Labute approximate surface area is 210 Å². The van der Waals surface area contributed by atoms with E-state index in [0.29, 0.717) is 18.7 Å². The normalized spacial score (nSPS) is 12.3. The summed E-state index contributed by atoms with van der Waals surface area (Å²) in [6.45, 7) is 11.9. The van der Waals surface area contributed by atoms with Crippen molar-refractivity contribution in [2.75, 3.05) is 17.1 Å². The number of aryl methyl sites for hydroxylation is 3. The van der Waals surface area contributed by atoms with Crippen LogP contribution in [0.4, 0.5) is 5.69 Å². The maximum Gasteiger partial charge on any atom is 0.242 e. The molecular formula is C27H39N3O4S. The summed E-state index contributed by atoms with van der Waals surface area (Å²) in [5.74, 6) is -0.402. The van der Waals surface area contributed by atoms with Gasteiger partial charge in [0.25, 0.3) is 0 Å². The maximum atomic E-state index is 13.3. The van der Waals surface area contributed by atoms with Crippen molar-refractivity contribution in [2.24, 2.45) is 0 Å². The zero-order chi connectivity index (χ0) is 26.3. The van der Waals surface area contributed by atoms with Gasteiger partial charge in [-0.25, -0.2) is 8.42 Å². The van der Waals surface area contributed by atoms with Crippen LogP contribution in [0, 0.1) is 20.8 Å². The molecule has 0 saturated carbocycles. The Kier molecular flexibility index (Phi) is 9.89. The summed E-state index contributed by atoms with van der Waals surface area (Å²) in [6, 6.07) is 12.7. The molecule has 1 N–H and O–H groups in total. The molecule has 0 spiro atoms. The molecule has 1 atom stereocenters. The lowest BCUT2D eigenvalue weighted by molar-refractivity contribution is -0.140. The molecule has 0 aliphatic rings. The largest absolute Gasteiger partial charge is 0.352 e. The van der Waals surface area contributed by atoms with Gasteiger partial charge in [-0.2, -0.15) is 0 Å². The van der Waals surface area contributed by atoms with Crippen molar-refractivity contribution in [1.29, 1.82) is 0 Å². The van der Waals surface area contributed by atoms with Crippen LogP contribution < -0.4 is 9.62 Å². The molecule has 0 aliphatic heterocycles. The molecule has 0 radical (unpaired) electrons. The number of anilines is 1. The van der Waals surface area contributed by atoms with Crippen LogP contribution in [0.3, 0.4) is 0 Å². The monoisotopic (exact) mass is 501 g/mol. The predicted octanol–water partition coefficient (Wildman–Crippen LogP) is 4.10. The van der Waals surface area contributed by atoms with E-state index in [9.17, 15) is 18.0 Å². The third kappa shape index (κ3) is 8.38. The highest BCUT2D eigenvalue weighted by atomic mass is 32.2. The molecule has 8 heteroatoms. The number of carbonyl (C=O) groups is 2. The zero-order valence-electron chi connectivity index (χ0n) is 22.0. The Morgan fingerprint density at radius 3 is 2.23 bits per heavy atom. The van der Waals surface area contributed by atoms with Crippen molar-refractivity contribution in [3.63, 3.8) is 0 Å². The molecule has 0 bridgehead atoms. The molecular weight excluding hydrogens is 462 g/mol. The first-order valence-corrected chi connectivity index (χ1v) is 13.8. The Bertz CT molecular complexity index is 1140. The highest BCUT2D eigenvalue weighted by molar-refractivity contribution is 7.92. The fourth-order valence-electron chi connectivity index (χ4n) is 3.88. The summed E-state index contributed by atoms with van der Waals surface area (Å²) >= 11 is 0. The molecule has 2 aromatic carbocycles. The van der Waals surface area contributed by atoms with E-state index in [4.69, 9.17) is 0 Å². The first-order valence-electron chi connectivity index (χ1n) is 12.0. The molecule has 0 fully saturated rings. The third-order valence-corrected chi connectivity index (χ3v) is 7.16. The van der Waals surface area contributed by atoms with Crippen LogP contribution in [-0.4, -0.2) is 50.0 Å². The van der Waals surface area contributed by atoms with Crippen molar-refractivity contribution in [1.82, 2.24) is 10.2 Å². The van der Waals surface area contributed by atoms with Gasteiger partial charge in [-0.05, 0) is 76.8 Å². The number of nitrogens with zero attached hydrogens (tertiary/aromatic N) is 2. The van der Waals surface area contributed by atoms with Crippen LogP contribution in [0.25, 0.3) is 0 Å². The minimum Gasteiger partial charge on any atom is -0.352 e. The predicted molar refractivity (Wildman–Crippen MR) is 142 cm³/mol. The standard InChI is InChI=1S/C27H39N3O4S/c1-19(2)28-27(32)23(6)29(18-24-11-8-10-20(3)16-24)26(31)12-9-15-30(35(7,33)34)25-14-13-21(4)22(5)17-25/h8,10-11,13-14,16-17,19,23H,9,12,15,18H2,1-7H3,(H,28,32). The summed E-state index contributed by atoms with van der Waals surface area (Å²) in [7, 11) is -3.52. The second kappa shape index (κ2) is 12.2. The van der Waals surface area contributed by atoms with E-state index in [2.05, 4.69) is 5.32 Å². The Hall–Kier alpha value is -2.87. The first-order chi connectivity index (χ1) is 16.3. The number of nitrogens with one attached hydrogen (secondary N) is 1. The molecule has 35 heavy (non-hydrogen) atoms. The molecule has 7 nitrogen and oxygen atoms in total. The van der Waals surface area contributed by atoms with E-state index in [-0.39, 0.29) is 30.8 Å². The van der Waals surface area contributed by atoms with Gasteiger partial charge in [-0.3, -0.25) is 13.9 Å². The molecule has 0 saturated heterocycles.